The van der Waals surface area contributed by atoms with Crippen molar-refractivity contribution in [1.29, 1.82) is 0 Å². The fraction of sp³-hybridized carbons (Fsp3) is 0.143. The van der Waals surface area contributed by atoms with Gasteiger partial charge in [-0.25, -0.2) is 22.9 Å². The van der Waals surface area contributed by atoms with E-state index in [-0.39, 0.29) is 6.20 Å². The average molecular weight is 236 g/mol. The van der Waals surface area contributed by atoms with Crippen molar-refractivity contribution >= 4 is 11.7 Å². The smallest absolute Gasteiger partial charge is 0.357 e. The molecule has 86 valence electrons. The summed E-state index contributed by atoms with van der Waals surface area (Å²) in [5, 5.41) is 18.7. The predicted molar refractivity (Wildman–Crippen MR) is 42.8 cm³/mol. The number of carbonyl (C=O) groups is 1. The van der Waals surface area contributed by atoms with Gasteiger partial charge in [0.1, 0.15) is 11.8 Å². The van der Waals surface area contributed by atoms with E-state index in [4.69, 9.17) is 5.11 Å². The van der Waals surface area contributed by atoms with Gasteiger partial charge in [-0.05, 0) is 0 Å². The van der Waals surface area contributed by atoms with Crippen LogP contribution in [0.15, 0.2) is 6.20 Å². The van der Waals surface area contributed by atoms with Crippen LogP contribution in [0.5, 0.6) is 0 Å². The zero-order chi connectivity index (χ0) is 12.5. The van der Waals surface area contributed by atoms with E-state index < -0.39 is 40.1 Å². The number of alkyl halides is 2. The second-order valence-corrected chi connectivity index (χ2v) is 2.58. The van der Waals surface area contributed by atoms with Crippen LogP contribution in [0.4, 0.5) is 18.9 Å². The maximum Gasteiger partial charge on any atom is 0.357 e. The van der Waals surface area contributed by atoms with Crippen molar-refractivity contribution in [3.63, 3.8) is 0 Å². The average Bonchev–Trinajstić information content (AvgIpc) is 2.15. The quantitative estimate of drug-likeness (QED) is 0.637. The van der Waals surface area contributed by atoms with Gasteiger partial charge in [-0.1, -0.05) is 0 Å². The summed E-state index contributed by atoms with van der Waals surface area (Å²) >= 11 is 0. The highest BCUT2D eigenvalue weighted by atomic mass is 19.3. The van der Waals surface area contributed by atoms with Gasteiger partial charge < -0.3 is 5.11 Å². The lowest BCUT2D eigenvalue weighted by Crippen LogP contribution is -2.10. The number of aromatic carboxylic acids is 1. The first-order chi connectivity index (χ1) is 7.36. The zero-order valence-corrected chi connectivity index (χ0v) is 7.35. The number of aromatic nitrogens is 1. The summed E-state index contributed by atoms with van der Waals surface area (Å²) in [5.74, 6) is -3.77. The molecule has 0 atom stereocenters. The molecular weight excluding hydrogens is 233 g/mol. The Balaban J connectivity index is 3.54. The first-order valence-corrected chi connectivity index (χ1v) is 3.70. The van der Waals surface area contributed by atoms with Gasteiger partial charge >= 0.3 is 5.97 Å². The summed E-state index contributed by atoms with van der Waals surface area (Å²) in [6, 6.07) is 0. The van der Waals surface area contributed by atoms with Crippen LogP contribution in [-0.4, -0.2) is 21.0 Å². The number of nitrogens with zero attached hydrogens (tertiary/aromatic N) is 2. The highest BCUT2D eigenvalue weighted by Gasteiger charge is 2.31. The first-order valence-electron chi connectivity index (χ1n) is 3.70. The fourth-order valence-corrected chi connectivity index (χ4v) is 0.994. The molecule has 1 rings (SSSR count). The number of halogens is 3. The Kier molecular flexibility index (Phi) is 3.06. The molecule has 0 aliphatic carbocycles. The molecule has 0 fully saturated rings. The standard InChI is InChI=1S/C7H3F3N2O4/c8-4-3(6(9)10)2(12(15)16)1-11-5(4)7(13)14/h1,6H,(H,13,14). The molecule has 1 heterocycles. The summed E-state index contributed by atoms with van der Waals surface area (Å²) in [6.07, 6.45) is -3.21. The topological polar surface area (TPSA) is 93.3 Å². The molecule has 6 nitrogen and oxygen atoms in total. The van der Waals surface area contributed by atoms with Crippen molar-refractivity contribution in [3.8, 4) is 0 Å². The Morgan fingerprint density at radius 2 is 2.12 bits per heavy atom. The molecule has 1 aromatic rings. The van der Waals surface area contributed by atoms with E-state index in [1.807, 2.05) is 0 Å². The summed E-state index contributed by atoms with van der Waals surface area (Å²) in [6.45, 7) is 0. The first kappa shape index (κ1) is 11.9. The minimum absolute atomic E-state index is 0.286. The molecule has 0 saturated heterocycles. The Morgan fingerprint density at radius 3 is 2.50 bits per heavy atom. The molecule has 0 unspecified atom stereocenters. The second-order valence-electron chi connectivity index (χ2n) is 2.58. The van der Waals surface area contributed by atoms with Gasteiger partial charge in [0.05, 0.1) is 4.92 Å². The number of hydrogen-bond acceptors (Lipinski definition) is 4. The predicted octanol–water partition coefficient (Wildman–Crippen LogP) is 1.76. The third kappa shape index (κ3) is 1.92. The Hall–Kier alpha value is -2.19. The lowest BCUT2D eigenvalue weighted by atomic mass is 10.2. The van der Waals surface area contributed by atoms with Crippen LogP contribution in [0.1, 0.15) is 22.5 Å². The van der Waals surface area contributed by atoms with E-state index in [9.17, 15) is 28.1 Å². The fourth-order valence-electron chi connectivity index (χ4n) is 0.994. The molecule has 0 saturated carbocycles. The van der Waals surface area contributed by atoms with Crippen LogP contribution >= 0.6 is 0 Å². The van der Waals surface area contributed by atoms with E-state index >= 15 is 0 Å². The molecule has 0 aliphatic heterocycles. The molecule has 0 aromatic carbocycles. The van der Waals surface area contributed by atoms with Crippen LogP contribution in [0.2, 0.25) is 0 Å². The molecule has 0 radical (unpaired) electrons. The van der Waals surface area contributed by atoms with Gasteiger partial charge in [0.2, 0.25) is 0 Å². The maximum absolute atomic E-state index is 13.2. The van der Waals surface area contributed by atoms with Crippen molar-refractivity contribution in [2.75, 3.05) is 0 Å². The van der Waals surface area contributed by atoms with Gasteiger partial charge in [0.15, 0.2) is 11.5 Å². The highest BCUT2D eigenvalue weighted by molar-refractivity contribution is 5.86. The molecule has 9 heteroatoms. The van der Waals surface area contributed by atoms with Crippen LogP contribution in [0.25, 0.3) is 0 Å². The monoisotopic (exact) mass is 236 g/mol. The summed E-state index contributed by atoms with van der Waals surface area (Å²) in [4.78, 5) is 22.3. The molecule has 1 aromatic heterocycles. The number of carboxylic acids is 1. The van der Waals surface area contributed by atoms with E-state index in [1.165, 1.54) is 0 Å². The van der Waals surface area contributed by atoms with Crippen molar-refractivity contribution < 1.29 is 28.0 Å². The molecule has 0 aliphatic rings. The van der Waals surface area contributed by atoms with E-state index in [1.54, 1.807) is 0 Å². The van der Waals surface area contributed by atoms with E-state index in [0.717, 1.165) is 0 Å². The molecule has 0 spiro atoms. The SMILES string of the molecule is O=C(O)c1ncc([N+](=O)[O-])c(C(F)F)c1F. The van der Waals surface area contributed by atoms with E-state index in [0.29, 0.717) is 0 Å². The van der Waals surface area contributed by atoms with Gasteiger partial charge in [0.25, 0.3) is 12.1 Å². The third-order valence-electron chi connectivity index (χ3n) is 1.65. The number of nitro groups is 1. The molecule has 0 amide bonds. The van der Waals surface area contributed by atoms with E-state index in [2.05, 4.69) is 4.98 Å². The molecule has 16 heavy (non-hydrogen) atoms. The summed E-state index contributed by atoms with van der Waals surface area (Å²) in [7, 11) is 0. The van der Waals surface area contributed by atoms with Crippen LogP contribution < -0.4 is 0 Å². The lowest BCUT2D eigenvalue weighted by molar-refractivity contribution is -0.386. The number of carboxylic acid groups (broad SMARTS) is 1. The highest BCUT2D eigenvalue weighted by Crippen LogP contribution is 2.31. The van der Waals surface area contributed by atoms with Crippen molar-refractivity contribution in [2.24, 2.45) is 0 Å². The number of rotatable bonds is 3. The van der Waals surface area contributed by atoms with Gasteiger partial charge in [-0.2, -0.15) is 0 Å². The minimum atomic E-state index is -3.50. The largest absolute Gasteiger partial charge is 0.476 e. The third-order valence-corrected chi connectivity index (χ3v) is 1.65. The second kappa shape index (κ2) is 4.13. The zero-order valence-electron chi connectivity index (χ0n) is 7.35. The Labute approximate surface area is 85.5 Å². The molecule has 0 bridgehead atoms. The summed E-state index contributed by atoms with van der Waals surface area (Å²) in [5.41, 5.74) is -4.10. The van der Waals surface area contributed by atoms with Crippen molar-refractivity contribution in [1.82, 2.24) is 4.98 Å². The minimum Gasteiger partial charge on any atom is -0.476 e. The molecule has 1 N–H and O–H groups in total. The normalized spacial score (nSPS) is 10.5. The summed E-state index contributed by atoms with van der Waals surface area (Å²) < 4.78 is 37.8. The van der Waals surface area contributed by atoms with Crippen LogP contribution in [-0.2, 0) is 0 Å². The van der Waals surface area contributed by atoms with Crippen LogP contribution in [0, 0.1) is 15.9 Å². The maximum atomic E-state index is 13.2. The number of hydrogen-bond donors (Lipinski definition) is 1. The Morgan fingerprint density at radius 1 is 1.56 bits per heavy atom. The lowest BCUT2D eigenvalue weighted by Gasteiger charge is -2.04. The van der Waals surface area contributed by atoms with Gasteiger partial charge in [-0.15, -0.1) is 0 Å². The van der Waals surface area contributed by atoms with Gasteiger partial charge in [0, 0.05) is 0 Å². The van der Waals surface area contributed by atoms with Crippen LogP contribution in [0.3, 0.4) is 0 Å². The Bertz CT molecular complexity index is 463. The van der Waals surface area contributed by atoms with Gasteiger partial charge in [-0.3, -0.25) is 10.1 Å². The number of pyridine rings is 1. The molecular formula is C7H3F3N2O4. The van der Waals surface area contributed by atoms with Crippen molar-refractivity contribution in [2.45, 2.75) is 6.43 Å². The van der Waals surface area contributed by atoms with Crippen molar-refractivity contribution in [3.05, 3.63) is 33.4 Å².